The quantitative estimate of drug-likeness (QED) is 0.126. The number of amides is 3. The zero-order chi connectivity index (χ0) is 31.8. The van der Waals surface area contributed by atoms with Gasteiger partial charge in [0.1, 0.15) is 11.8 Å². The summed E-state index contributed by atoms with van der Waals surface area (Å²) >= 11 is 0. The molecule has 3 aliphatic rings. The van der Waals surface area contributed by atoms with Crippen LogP contribution in [0.5, 0.6) is 17.2 Å². The maximum atomic E-state index is 14.6. The highest BCUT2D eigenvalue weighted by Gasteiger charge is 2.64. The molecule has 4 atom stereocenters. The summed E-state index contributed by atoms with van der Waals surface area (Å²) in [4.78, 5) is 58.4. The average molecular weight is 614 g/mol. The number of ketones is 1. The molecular weight excluding hydrogens is 578 g/mol. The number of carbonyl (C=O) groups excluding carboxylic acids is 3. The molecule has 4 unspecified atom stereocenters. The first-order chi connectivity index (χ1) is 21.8. The highest BCUT2D eigenvalue weighted by atomic mass is 16.6. The van der Waals surface area contributed by atoms with Crippen LogP contribution in [0.4, 0.5) is 10.5 Å². The second-order valence-electron chi connectivity index (χ2n) is 11.7. The van der Waals surface area contributed by atoms with Gasteiger partial charge in [-0.15, -0.1) is 0 Å². The number of carbonyl (C=O) groups is 3. The molecule has 1 aliphatic carbocycles. The second kappa shape index (κ2) is 12.2. The Bertz CT molecular complexity index is 1620. The number of hydrogen-bond acceptors (Lipinski definition) is 8. The van der Waals surface area contributed by atoms with E-state index in [4.69, 9.17) is 14.2 Å². The van der Waals surface area contributed by atoms with E-state index in [1.165, 1.54) is 36.2 Å². The number of benzene rings is 3. The highest BCUT2D eigenvalue weighted by Crippen LogP contribution is 2.57. The number of fused-ring (bicyclic) bond motifs is 1. The number of hydrogen-bond donors (Lipinski definition) is 0. The van der Waals surface area contributed by atoms with Gasteiger partial charge in [0.05, 0.1) is 49.8 Å². The normalized spacial score (nSPS) is 23.2. The number of rotatable bonds is 9. The Hall–Kier alpha value is -4.93. The van der Waals surface area contributed by atoms with Crippen molar-refractivity contribution in [1.29, 1.82) is 0 Å². The SMILES string of the molecule is COc1ccc(C2C(C(=O)c3ccccc3)C(c3cc(OC)c(OC)cc3[N+](=O)[O-])N3C(=O)N(C4CCCCC4)C(=O)C23)cc1. The van der Waals surface area contributed by atoms with E-state index in [0.29, 0.717) is 29.7 Å². The lowest BCUT2D eigenvalue weighted by atomic mass is 9.75. The van der Waals surface area contributed by atoms with Crippen LogP contribution in [-0.4, -0.2) is 65.9 Å². The van der Waals surface area contributed by atoms with Gasteiger partial charge in [-0.1, -0.05) is 61.7 Å². The maximum Gasteiger partial charge on any atom is 0.328 e. The summed E-state index contributed by atoms with van der Waals surface area (Å²) in [6.07, 6.45) is 4.21. The van der Waals surface area contributed by atoms with Crippen molar-refractivity contribution in [2.24, 2.45) is 5.92 Å². The Morgan fingerprint density at radius 1 is 0.844 bits per heavy atom. The molecule has 3 aromatic carbocycles. The molecule has 11 heteroatoms. The molecule has 6 rings (SSSR count). The Morgan fingerprint density at radius 3 is 2.09 bits per heavy atom. The average Bonchev–Trinajstić information content (AvgIpc) is 3.56. The number of nitro groups is 1. The molecule has 1 saturated carbocycles. The zero-order valence-corrected chi connectivity index (χ0v) is 25.4. The molecule has 2 aliphatic heterocycles. The maximum absolute atomic E-state index is 14.6. The molecular formula is C34H35N3O8. The zero-order valence-electron chi connectivity index (χ0n) is 25.4. The molecule has 0 spiro atoms. The molecule has 2 heterocycles. The lowest BCUT2D eigenvalue weighted by Crippen LogP contribution is -2.45. The number of nitro benzene ring substituents is 1. The third kappa shape index (κ3) is 5.05. The highest BCUT2D eigenvalue weighted by molar-refractivity contribution is 6.09. The molecule has 0 bridgehead atoms. The van der Waals surface area contributed by atoms with Gasteiger partial charge in [-0.3, -0.25) is 24.6 Å². The van der Waals surface area contributed by atoms with Crippen molar-refractivity contribution < 1.29 is 33.5 Å². The van der Waals surface area contributed by atoms with Crippen LogP contribution in [0.15, 0.2) is 66.7 Å². The monoisotopic (exact) mass is 613 g/mol. The van der Waals surface area contributed by atoms with Crippen LogP contribution < -0.4 is 14.2 Å². The predicted octanol–water partition coefficient (Wildman–Crippen LogP) is 5.92. The molecule has 3 aromatic rings. The fourth-order valence-electron chi connectivity index (χ4n) is 7.40. The van der Waals surface area contributed by atoms with Crippen LogP contribution in [0.2, 0.25) is 0 Å². The topological polar surface area (TPSA) is 129 Å². The second-order valence-corrected chi connectivity index (χ2v) is 11.7. The van der Waals surface area contributed by atoms with Crippen LogP contribution in [0.25, 0.3) is 0 Å². The Kier molecular flexibility index (Phi) is 8.18. The summed E-state index contributed by atoms with van der Waals surface area (Å²) in [5.41, 5.74) is 0.783. The Balaban J connectivity index is 1.61. The predicted molar refractivity (Wildman–Crippen MR) is 164 cm³/mol. The molecule has 0 aromatic heterocycles. The first-order valence-electron chi connectivity index (χ1n) is 15.1. The van der Waals surface area contributed by atoms with Gasteiger partial charge in [-0.25, -0.2) is 4.79 Å². The first-order valence-corrected chi connectivity index (χ1v) is 15.1. The summed E-state index contributed by atoms with van der Waals surface area (Å²) in [6.45, 7) is 0. The Morgan fingerprint density at radius 2 is 1.49 bits per heavy atom. The molecule has 11 nitrogen and oxygen atoms in total. The van der Waals surface area contributed by atoms with Crippen molar-refractivity contribution in [1.82, 2.24) is 9.80 Å². The van der Waals surface area contributed by atoms with Crippen molar-refractivity contribution in [3.8, 4) is 17.2 Å². The van der Waals surface area contributed by atoms with Crippen molar-refractivity contribution in [3.05, 3.63) is 93.5 Å². The third-order valence-corrected chi connectivity index (χ3v) is 9.43. The van der Waals surface area contributed by atoms with Crippen LogP contribution in [0.1, 0.15) is 65.5 Å². The molecule has 0 radical (unpaired) electrons. The van der Waals surface area contributed by atoms with E-state index in [-0.39, 0.29) is 40.5 Å². The van der Waals surface area contributed by atoms with E-state index >= 15 is 0 Å². The van der Waals surface area contributed by atoms with Gasteiger partial charge in [-0.05, 0) is 36.6 Å². The van der Waals surface area contributed by atoms with E-state index in [1.54, 1.807) is 61.7 Å². The number of urea groups is 1. The Labute approximate surface area is 260 Å². The summed E-state index contributed by atoms with van der Waals surface area (Å²) in [5, 5.41) is 12.6. The van der Waals surface area contributed by atoms with Gasteiger partial charge < -0.3 is 19.1 Å². The van der Waals surface area contributed by atoms with E-state index in [0.717, 1.165) is 19.3 Å². The van der Waals surface area contributed by atoms with Crippen LogP contribution in [-0.2, 0) is 4.79 Å². The van der Waals surface area contributed by atoms with Gasteiger partial charge >= 0.3 is 6.03 Å². The van der Waals surface area contributed by atoms with Gasteiger partial charge in [0, 0.05) is 17.5 Å². The van der Waals surface area contributed by atoms with E-state index in [2.05, 4.69) is 0 Å². The lowest BCUT2D eigenvalue weighted by Gasteiger charge is -2.33. The van der Waals surface area contributed by atoms with Crippen LogP contribution in [0, 0.1) is 16.0 Å². The summed E-state index contributed by atoms with van der Waals surface area (Å²) in [7, 11) is 4.33. The lowest BCUT2D eigenvalue weighted by molar-refractivity contribution is -0.386. The minimum absolute atomic E-state index is 0.0968. The molecule has 45 heavy (non-hydrogen) atoms. The number of ether oxygens (including phenoxy) is 3. The number of methoxy groups -OCH3 is 3. The fourth-order valence-corrected chi connectivity index (χ4v) is 7.40. The van der Waals surface area contributed by atoms with Crippen LogP contribution in [0.3, 0.4) is 0 Å². The minimum Gasteiger partial charge on any atom is -0.497 e. The summed E-state index contributed by atoms with van der Waals surface area (Å²) in [6, 6.07) is 15.4. The molecule has 3 fully saturated rings. The minimum atomic E-state index is -1.15. The summed E-state index contributed by atoms with van der Waals surface area (Å²) in [5.74, 6) is -1.63. The van der Waals surface area contributed by atoms with Crippen molar-refractivity contribution in [2.75, 3.05) is 21.3 Å². The molecule has 0 N–H and O–H groups in total. The largest absolute Gasteiger partial charge is 0.497 e. The molecule has 234 valence electrons. The summed E-state index contributed by atoms with van der Waals surface area (Å²) < 4.78 is 16.3. The van der Waals surface area contributed by atoms with Gasteiger partial charge in [0.25, 0.3) is 11.6 Å². The first kappa shape index (κ1) is 30.1. The van der Waals surface area contributed by atoms with Crippen molar-refractivity contribution in [3.63, 3.8) is 0 Å². The number of nitrogens with zero attached hydrogens (tertiary/aromatic N) is 3. The third-order valence-electron chi connectivity index (χ3n) is 9.43. The number of imide groups is 1. The van der Waals surface area contributed by atoms with Gasteiger partial charge in [0.2, 0.25) is 0 Å². The van der Waals surface area contributed by atoms with Crippen molar-refractivity contribution >= 4 is 23.4 Å². The van der Waals surface area contributed by atoms with Crippen molar-refractivity contribution in [2.45, 2.75) is 56.1 Å². The van der Waals surface area contributed by atoms with Gasteiger partial charge in [-0.2, -0.15) is 0 Å². The van der Waals surface area contributed by atoms with E-state index < -0.39 is 34.9 Å². The van der Waals surface area contributed by atoms with Gasteiger partial charge in [0.15, 0.2) is 17.3 Å². The molecule has 2 saturated heterocycles. The van der Waals surface area contributed by atoms with Crippen LogP contribution >= 0.6 is 0 Å². The van der Waals surface area contributed by atoms with E-state index in [1.807, 2.05) is 0 Å². The fraction of sp³-hybridized carbons (Fsp3) is 0.382. The number of Topliss-reactive ketones (excluding diaryl/α,β-unsaturated/α-hetero) is 1. The smallest absolute Gasteiger partial charge is 0.328 e. The van der Waals surface area contributed by atoms with E-state index in [9.17, 15) is 24.5 Å². The standard InChI is InChI=1S/C34H35N3O8/c1-43-23-16-14-20(15-17-23)28-29(32(38)21-10-6-4-7-11-21)30(24-18-26(44-2)27(45-3)19-25(24)37(41)42)36-31(28)33(39)35(34(36)40)22-12-8-5-9-13-22/h4,6-7,10-11,14-19,22,28-31H,5,8-9,12-13H2,1-3H3. The molecule has 3 amide bonds.